The smallest absolute Gasteiger partial charge is 0.337 e. The van der Waals surface area contributed by atoms with E-state index >= 15 is 0 Å². The highest BCUT2D eigenvalue weighted by Crippen LogP contribution is 2.28. The monoisotopic (exact) mass is 444 g/mol. The molecule has 1 amide bonds. The van der Waals surface area contributed by atoms with Crippen LogP contribution in [0, 0.1) is 3.57 Å². The summed E-state index contributed by atoms with van der Waals surface area (Å²) in [7, 11) is 1.29. The molecule has 0 unspecified atom stereocenters. The molecule has 1 aliphatic heterocycles. The molecule has 0 radical (unpaired) electrons. The van der Waals surface area contributed by atoms with Crippen molar-refractivity contribution in [2.75, 3.05) is 32.1 Å². The fraction of sp³-hybridized carbons (Fsp3) is 0.412. The minimum atomic E-state index is -0.542. The van der Waals surface area contributed by atoms with Gasteiger partial charge in [0, 0.05) is 10.1 Å². The predicted molar refractivity (Wildman–Crippen MR) is 99.6 cm³/mol. The maximum absolute atomic E-state index is 12.5. The summed E-state index contributed by atoms with van der Waals surface area (Å²) in [5.74, 6) is -0.446. The van der Waals surface area contributed by atoms with Crippen molar-refractivity contribution >= 4 is 40.2 Å². The summed E-state index contributed by atoms with van der Waals surface area (Å²) in [6.07, 6.45) is 0. The molecule has 1 aromatic carbocycles. The van der Waals surface area contributed by atoms with E-state index in [2.05, 4.69) is 47.8 Å². The van der Waals surface area contributed by atoms with Crippen molar-refractivity contribution in [3.63, 3.8) is 0 Å². The van der Waals surface area contributed by atoms with Gasteiger partial charge in [0.05, 0.1) is 31.5 Å². The Balaban J connectivity index is 2.33. The van der Waals surface area contributed by atoms with Gasteiger partial charge >= 0.3 is 5.97 Å². The molecule has 0 spiro atoms. The Labute approximate surface area is 155 Å². The van der Waals surface area contributed by atoms with Crippen molar-refractivity contribution in [1.29, 1.82) is 0 Å². The molecule has 0 bridgehead atoms. The molecule has 0 aromatic heterocycles. The summed E-state index contributed by atoms with van der Waals surface area (Å²) in [6, 6.07) is 5.95. The molecule has 1 aromatic rings. The zero-order valence-electron chi connectivity index (χ0n) is 13.9. The van der Waals surface area contributed by atoms with Crippen molar-refractivity contribution in [3.8, 4) is 0 Å². The Bertz CT molecular complexity index is 685. The molecule has 0 aliphatic carbocycles. The van der Waals surface area contributed by atoms with E-state index in [0.29, 0.717) is 5.92 Å². The number of ether oxygens (including phenoxy) is 1. The summed E-state index contributed by atoms with van der Waals surface area (Å²) in [6.45, 7) is 4.38. The van der Waals surface area contributed by atoms with Crippen LogP contribution in [0.3, 0.4) is 0 Å². The van der Waals surface area contributed by atoms with Gasteiger partial charge in [0.2, 0.25) is 0 Å². The highest BCUT2D eigenvalue weighted by molar-refractivity contribution is 14.1. The summed E-state index contributed by atoms with van der Waals surface area (Å²) in [5.41, 5.74) is 2.45. The minimum Gasteiger partial charge on any atom is -0.466 e. The number of anilines is 1. The second kappa shape index (κ2) is 7.98. The van der Waals surface area contributed by atoms with Gasteiger partial charge in [0.25, 0.3) is 5.91 Å². The average Bonchev–Trinajstić information content (AvgIpc) is 2.85. The van der Waals surface area contributed by atoms with E-state index in [0.717, 1.165) is 9.26 Å². The van der Waals surface area contributed by atoms with Gasteiger partial charge < -0.3 is 20.1 Å². The maximum Gasteiger partial charge on any atom is 0.337 e. The van der Waals surface area contributed by atoms with Crippen molar-refractivity contribution in [3.05, 3.63) is 38.6 Å². The number of esters is 1. The minimum absolute atomic E-state index is 0.134. The van der Waals surface area contributed by atoms with Gasteiger partial charge in [-0.05, 0) is 46.2 Å². The summed E-state index contributed by atoms with van der Waals surface area (Å²) in [4.78, 5) is 25.9. The van der Waals surface area contributed by atoms with Gasteiger partial charge in [-0.25, -0.2) is 4.79 Å². The van der Waals surface area contributed by atoms with E-state index < -0.39 is 5.97 Å². The Hall–Kier alpha value is -1.61. The lowest BCUT2D eigenvalue weighted by molar-refractivity contribution is -0.136. The SMILES string of the molecule is COC(=O)C1=C(Nc2ccc(C(C)C)cc2I)C(=O)N(CCO)C1. The molecular weight excluding hydrogens is 423 g/mol. The van der Waals surface area contributed by atoms with E-state index in [1.165, 1.54) is 17.6 Å². The summed E-state index contributed by atoms with van der Waals surface area (Å²) in [5, 5.41) is 12.2. The lowest BCUT2D eigenvalue weighted by atomic mass is 10.0. The Kier molecular flexibility index (Phi) is 6.22. The standard InChI is InChI=1S/C17H21IN2O4/c1-10(2)11-4-5-14(13(18)8-11)19-15-12(17(23)24-3)9-20(6-7-21)16(15)22/h4-5,8,10,19,21H,6-7,9H2,1-3H3. The zero-order valence-corrected chi connectivity index (χ0v) is 16.1. The van der Waals surface area contributed by atoms with Crippen molar-refractivity contribution in [1.82, 2.24) is 4.90 Å². The van der Waals surface area contributed by atoms with E-state index in [4.69, 9.17) is 9.84 Å². The lowest BCUT2D eigenvalue weighted by Gasteiger charge is -2.16. The first-order chi connectivity index (χ1) is 11.4. The number of carbonyl (C=O) groups is 2. The molecule has 0 saturated carbocycles. The predicted octanol–water partition coefficient (Wildman–Crippen LogP) is 2.09. The molecule has 7 heteroatoms. The van der Waals surface area contributed by atoms with Gasteiger partial charge in [-0.2, -0.15) is 0 Å². The number of hydrogen-bond acceptors (Lipinski definition) is 5. The van der Waals surface area contributed by atoms with Gasteiger partial charge in [-0.15, -0.1) is 0 Å². The first kappa shape index (κ1) is 18.7. The molecule has 0 atom stereocenters. The van der Waals surface area contributed by atoms with E-state index in [-0.39, 0.29) is 36.9 Å². The average molecular weight is 444 g/mol. The van der Waals surface area contributed by atoms with Crippen LogP contribution in [-0.4, -0.2) is 48.7 Å². The number of benzene rings is 1. The number of nitrogens with zero attached hydrogens (tertiary/aromatic N) is 1. The summed E-state index contributed by atoms with van der Waals surface area (Å²) >= 11 is 2.20. The van der Waals surface area contributed by atoms with Crippen LogP contribution in [0.15, 0.2) is 29.5 Å². The fourth-order valence-corrected chi connectivity index (χ4v) is 3.15. The van der Waals surface area contributed by atoms with Gasteiger partial charge in [0.1, 0.15) is 5.70 Å². The van der Waals surface area contributed by atoms with Crippen LogP contribution in [-0.2, 0) is 14.3 Å². The maximum atomic E-state index is 12.5. The number of aliphatic hydroxyl groups is 1. The molecule has 2 N–H and O–H groups in total. The number of aliphatic hydroxyl groups excluding tert-OH is 1. The molecule has 2 rings (SSSR count). The third-order valence-corrected chi connectivity index (χ3v) is 4.77. The zero-order chi connectivity index (χ0) is 17.9. The third-order valence-electron chi connectivity index (χ3n) is 3.87. The van der Waals surface area contributed by atoms with Crippen LogP contribution in [0.2, 0.25) is 0 Å². The van der Waals surface area contributed by atoms with Crippen molar-refractivity contribution in [2.24, 2.45) is 0 Å². The van der Waals surface area contributed by atoms with Gasteiger partial charge in [-0.3, -0.25) is 4.79 Å². The molecule has 24 heavy (non-hydrogen) atoms. The van der Waals surface area contributed by atoms with Gasteiger partial charge in [-0.1, -0.05) is 19.9 Å². The number of carbonyl (C=O) groups excluding carboxylic acids is 2. The molecule has 6 nitrogen and oxygen atoms in total. The van der Waals surface area contributed by atoms with E-state index in [1.54, 1.807) is 0 Å². The van der Waals surface area contributed by atoms with Crippen LogP contribution >= 0.6 is 22.6 Å². The second-order valence-corrected chi connectivity index (χ2v) is 6.98. The van der Waals surface area contributed by atoms with Crippen LogP contribution in [0.5, 0.6) is 0 Å². The highest BCUT2D eigenvalue weighted by atomic mass is 127. The molecule has 1 aliphatic rings. The van der Waals surface area contributed by atoms with Crippen molar-refractivity contribution < 1.29 is 19.4 Å². The number of halogens is 1. The molecule has 130 valence electrons. The first-order valence-electron chi connectivity index (χ1n) is 7.67. The van der Waals surface area contributed by atoms with Crippen molar-refractivity contribution in [2.45, 2.75) is 19.8 Å². The molecule has 1 heterocycles. The van der Waals surface area contributed by atoms with E-state index in [1.807, 2.05) is 12.1 Å². The Morgan fingerprint density at radius 2 is 2.17 bits per heavy atom. The van der Waals surface area contributed by atoms with Crippen LogP contribution < -0.4 is 5.32 Å². The Morgan fingerprint density at radius 1 is 1.46 bits per heavy atom. The number of β-amino-alcohol motifs (C(OH)–C–C–N with tert-alkyl or cyclic N) is 1. The Morgan fingerprint density at radius 3 is 2.71 bits per heavy atom. The number of hydrogen-bond donors (Lipinski definition) is 2. The number of nitrogens with one attached hydrogen (secondary N) is 1. The van der Waals surface area contributed by atoms with Gasteiger partial charge in [0.15, 0.2) is 0 Å². The molecular formula is C17H21IN2O4. The second-order valence-electron chi connectivity index (χ2n) is 5.81. The number of rotatable bonds is 6. The topological polar surface area (TPSA) is 78.9 Å². The van der Waals surface area contributed by atoms with Crippen LogP contribution in [0.4, 0.5) is 5.69 Å². The number of amides is 1. The van der Waals surface area contributed by atoms with Crippen LogP contribution in [0.1, 0.15) is 25.3 Å². The van der Waals surface area contributed by atoms with Crippen LogP contribution in [0.25, 0.3) is 0 Å². The molecule has 0 saturated heterocycles. The summed E-state index contributed by atoms with van der Waals surface area (Å²) < 4.78 is 5.74. The first-order valence-corrected chi connectivity index (χ1v) is 8.75. The van der Waals surface area contributed by atoms with E-state index in [9.17, 15) is 9.59 Å². The normalized spacial score (nSPS) is 14.6. The molecule has 0 fully saturated rings. The number of methoxy groups -OCH3 is 1. The highest BCUT2D eigenvalue weighted by Gasteiger charge is 2.34. The third kappa shape index (κ3) is 3.89. The lowest BCUT2D eigenvalue weighted by Crippen LogP contribution is -2.31. The fourth-order valence-electron chi connectivity index (χ4n) is 2.48. The largest absolute Gasteiger partial charge is 0.466 e. The quantitative estimate of drug-likeness (QED) is 0.519.